The van der Waals surface area contributed by atoms with Gasteiger partial charge in [0.1, 0.15) is 19.0 Å². The Morgan fingerprint density at radius 3 is 2.62 bits per heavy atom. The average Bonchev–Trinajstić information content (AvgIpc) is 2.53. The lowest BCUT2D eigenvalue weighted by atomic mass is 10.0. The Morgan fingerprint density at radius 1 is 1.10 bits per heavy atom. The average molecular weight is 281 g/mol. The summed E-state index contributed by atoms with van der Waals surface area (Å²) >= 11 is 0. The van der Waals surface area contributed by atoms with Crippen LogP contribution in [0.2, 0.25) is 0 Å². The SMILES string of the molecule is N#C/C(=C/c1ccc2c(c1)OCCO2)c1ccccc1F. The van der Waals surface area contributed by atoms with Gasteiger partial charge in [-0.1, -0.05) is 24.3 Å². The highest BCUT2D eigenvalue weighted by atomic mass is 19.1. The summed E-state index contributed by atoms with van der Waals surface area (Å²) in [6, 6.07) is 13.6. The molecule has 0 bridgehead atoms. The van der Waals surface area contributed by atoms with E-state index in [1.54, 1.807) is 36.4 Å². The lowest BCUT2D eigenvalue weighted by Gasteiger charge is -2.18. The van der Waals surface area contributed by atoms with Crippen LogP contribution < -0.4 is 9.47 Å². The van der Waals surface area contributed by atoms with Crippen molar-refractivity contribution in [1.82, 2.24) is 0 Å². The van der Waals surface area contributed by atoms with E-state index in [9.17, 15) is 9.65 Å². The molecule has 0 fully saturated rings. The van der Waals surface area contributed by atoms with Crippen LogP contribution in [0.1, 0.15) is 11.1 Å². The first kappa shape index (κ1) is 13.2. The zero-order chi connectivity index (χ0) is 14.7. The molecule has 1 heterocycles. The molecule has 0 spiro atoms. The van der Waals surface area contributed by atoms with Gasteiger partial charge in [0.2, 0.25) is 0 Å². The number of nitriles is 1. The molecule has 3 rings (SSSR count). The summed E-state index contributed by atoms with van der Waals surface area (Å²) in [7, 11) is 0. The van der Waals surface area contributed by atoms with Crippen LogP contribution in [-0.2, 0) is 0 Å². The minimum Gasteiger partial charge on any atom is -0.486 e. The molecule has 0 aliphatic carbocycles. The van der Waals surface area contributed by atoms with Crippen LogP contribution in [0.25, 0.3) is 11.6 Å². The van der Waals surface area contributed by atoms with Crippen LogP contribution in [0.5, 0.6) is 11.5 Å². The number of rotatable bonds is 2. The van der Waals surface area contributed by atoms with E-state index < -0.39 is 5.82 Å². The largest absolute Gasteiger partial charge is 0.486 e. The maximum Gasteiger partial charge on any atom is 0.161 e. The zero-order valence-electron chi connectivity index (χ0n) is 11.2. The Hall–Kier alpha value is -2.80. The standard InChI is InChI=1S/C17H12FNO2/c18-15-4-2-1-3-14(15)13(11-19)9-12-5-6-16-17(10-12)21-8-7-20-16/h1-6,9-10H,7-8H2/b13-9-. The van der Waals surface area contributed by atoms with Crippen LogP contribution in [0, 0.1) is 17.1 Å². The molecule has 2 aromatic carbocycles. The molecule has 3 nitrogen and oxygen atoms in total. The lowest BCUT2D eigenvalue weighted by Crippen LogP contribution is -2.15. The third-order valence-electron chi connectivity index (χ3n) is 3.16. The molecule has 0 saturated carbocycles. The van der Waals surface area contributed by atoms with Crippen molar-refractivity contribution in [2.75, 3.05) is 13.2 Å². The van der Waals surface area contributed by atoms with Crippen molar-refractivity contribution in [3.63, 3.8) is 0 Å². The number of fused-ring (bicyclic) bond motifs is 1. The number of nitrogens with zero attached hydrogens (tertiary/aromatic N) is 1. The summed E-state index contributed by atoms with van der Waals surface area (Å²) in [4.78, 5) is 0. The molecule has 1 aliphatic rings. The van der Waals surface area contributed by atoms with E-state index in [2.05, 4.69) is 0 Å². The lowest BCUT2D eigenvalue weighted by molar-refractivity contribution is 0.171. The van der Waals surface area contributed by atoms with Crippen molar-refractivity contribution in [2.24, 2.45) is 0 Å². The molecule has 21 heavy (non-hydrogen) atoms. The van der Waals surface area contributed by atoms with Gasteiger partial charge in [-0.25, -0.2) is 4.39 Å². The molecule has 0 atom stereocenters. The first-order valence-corrected chi connectivity index (χ1v) is 6.54. The fourth-order valence-electron chi connectivity index (χ4n) is 2.17. The first-order chi connectivity index (χ1) is 10.3. The smallest absolute Gasteiger partial charge is 0.161 e. The van der Waals surface area contributed by atoms with Crippen molar-refractivity contribution in [1.29, 1.82) is 5.26 Å². The predicted octanol–water partition coefficient (Wildman–Crippen LogP) is 3.66. The molecule has 0 aromatic heterocycles. The number of hydrogen-bond donors (Lipinski definition) is 0. The van der Waals surface area contributed by atoms with Gasteiger partial charge in [0.15, 0.2) is 11.5 Å². The van der Waals surface area contributed by atoms with Gasteiger partial charge in [-0.3, -0.25) is 0 Å². The highest BCUT2D eigenvalue weighted by molar-refractivity contribution is 5.90. The minimum atomic E-state index is -0.414. The molecule has 0 N–H and O–H groups in total. The summed E-state index contributed by atoms with van der Waals surface area (Å²) in [6.07, 6.45) is 1.64. The minimum absolute atomic E-state index is 0.268. The van der Waals surface area contributed by atoms with E-state index in [4.69, 9.17) is 9.47 Å². The van der Waals surface area contributed by atoms with Crippen molar-refractivity contribution < 1.29 is 13.9 Å². The quantitative estimate of drug-likeness (QED) is 0.623. The summed E-state index contributed by atoms with van der Waals surface area (Å²) in [5, 5.41) is 9.26. The van der Waals surface area contributed by atoms with Gasteiger partial charge in [0.05, 0.1) is 11.6 Å². The summed E-state index contributed by atoms with van der Waals surface area (Å²) in [5.41, 5.74) is 1.32. The molecule has 1 aliphatic heterocycles. The van der Waals surface area contributed by atoms with Gasteiger partial charge < -0.3 is 9.47 Å². The fraction of sp³-hybridized carbons (Fsp3) is 0.118. The molecule has 0 amide bonds. The highest BCUT2D eigenvalue weighted by Crippen LogP contribution is 2.32. The van der Waals surface area contributed by atoms with Crippen molar-refractivity contribution >= 4 is 11.6 Å². The van der Waals surface area contributed by atoms with Crippen LogP contribution in [0.15, 0.2) is 42.5 Å². The van der Waals surface area contributed by atoms with Crippen molar-refractivity contribution in [3.05, 3.63) is 59.4 Å². The molecule has 0 unspecified atom stereocenters. The van der Waals surface area contributed by atoms with E-state index in [0.29, 0.717) is 24.7 Å². The van der Waals surface area contributed by atoms with Gasteiger partial charge >= 0.3 is 0 Å². The van der Waals surface area contributed by atoms with Crippen LogP contribution in [0.4, 0.5) is 4.39 Å². The molecule has 104 valence electrons. The molecule has 2 aromatic rings. The maximum absolute atomic E-state index is 13.8. The maximum atomic E-state index is 13.8. The van der Waals surface area contributed by atoms with Gasteiger partial charge in [-0.05, 0) is 29.8 Å². The topological polar surface area (TPSA) is 42.2 Å². The Bertz CT molecular complexity index is 747. The number of ether oxygens (including phenoxy) is 2. The number of allylic oxidation sites excluding steroid dienone is 1. The van der Waals surface area contributed by atoms with Gasteiger partial charge in [-0.2, -0.15) is 5.26 Å². The monoisotopic (exact) mass is 281 g/mol. The normalized spacial score (nSPS) is 13.6. The van der Waals surface area contributed by atoms with E-state index in [-0.39, 0.29) is 11.1 Å². The number of hydrogen-bond acceptors (Lipinski definition) is 3. The van der Waals surface area contributed by atoms with E-state index in [1.165, 1.54) is 6.07 Å². The van der Waals surface area contributed by atoms with Crippen molar-refractivity contribution in [2.45, 2.75) is 0 Å². The van der Waals surface area contributed by atoms with E-state index in [1.807, 2.05) is 12.1 Å². The molecular weight excluding hydrogens is 269 g/mol. The van der Waals surface area contributed by atoms with Crippen molar-refractivity contribution in [3.8, 4) is 17.6 Å². The summed E-state index contributed by atoms with van der Waals surface area (Å²) < 4.78 is 24.7. The van der Waals surface area contributed by atoms with Crippen LogP contribution >= 0.6 is 0 Å². The summed E-state index contributed by atoms with van der Waals surface area (Å²) in [6.45, 7) is 1.03. The number of benzene rings is 2. The van der Waals surface area contributed by atoms with Crippen LogP contribution in [0.3, 0.4) is 0 Å². The highest BCUT2D eigenvalue weighted by Gasteiger charge is 2.12. The van der Waals surface area contributed by atoms with E-state index >= 15 is 0 Å². The fourth-order valence-corrected chi connectivity index (χ4v) is 2.17. The van der Waals surface area contributed by atoms with Gasteiger partial charge in [0, 0.05) is 5.56 Å². The summed E-state index contributed by atoms with van der Waals surface area (Å²) in [5.74, 6) is 0.909. The second kappa shape index (κ2) is 5.68. The van der Waals surface area contributed by atoms with Gasteiger partial charge in [-0.15, -0.1) is 0 Å². The molecule has 0 saturated heterocycles. The van der Waals surface area contributed by atoms with Gasteiger partial charge in [0.25, 0.3) is 0 Å². The zero-order valence-corrected chi connectivity index (χ0v) is 11.2. The Balaban J connectivity index is 2.00. The molecular formula is C17H12FNO2. The Labute approximate surface area is 121 Å². The first-order valence-electron chi connectivity index (χ1n) is 6.54. The Morgan fingerprint density at radius 2 is 1.86 bits per heavy atom. The predicted molar refractivity (Wildman–Crippen MR) is 77.3 cm³/mol. The van der Waals surface area contributed by atoms with E-state index in [0.717, 1.165) is 5.56 Å². The second-order valence-electron chi connectivity index (χ2n) is 4.55. The number of halogens is 1. The van der Waals surface area contributed by atoms with Crippen LogP contribution in [-0.4, -0.2) is 13.2 Å². The molecule has 4 heteroatoms. The third kappa shape index (κ3) is 2.72. The second-order valence-corrected chi connectivity index (χ2v) is 4.55. The molecule has 0 radical (unpaired) electrons. The third-order valence-corrected chi connectivity index (χ3v) is 3.16. The Kier molecular flexibility index (Phi) is 3.57.